The first-order valence-electron chi connectivity index (χ1n) is 7.71. The molecule has 0 aliphatic heterocycles. The number of esters is 1. The lowest BCUT2D eigenvalue weighted by atomic mass is 9.60. The maximum atomic E-state index is 13.6. The molecule has 0 heterocycles. The van der Waals surface area contributed by atoms with Gasteiger partial charge in [-0.25, -0.2) is 9.18 Å². The molecule has 3 nitrogen and oxygen atoms in total. The Hall–Kier alpha value is -1.58. The SMILES string of the molecule is C=CCC1(C(OCC(=O)OC(C)CC)(C(F)(F)F)C(F)(F)F)C=C(F)C1. The lowest BCUT2D eigenvalue weighted by Crippen LogP contribution is -2.70. The first-order valence-corrected chi connectivity index (χ1v) is 7.71. The maximum Gasteiger partial charge on any atom is 0.427 e. The summed E-state index contributed by atoms with van der Waals surface area (Å²) in [5.74, 6) is -2.51. The third-order valence-electron chi connectivity index (χ3n) is 4.24. The average Bonchev–Trinajstić information content (AvgIpc) is 2.43. The first-order chi connectivity index (χ1) is 11.8. The van der Waals surface area contributed by atoms with Crippen LogP contribution in [0.3, 0.4) is 0 Å². The molecule has 150 valence electrons. The number of alkyl halides is 6. The van der Waals surface area contributed by atoms with Crippen molar-refractivity contribution in [2.24, 2.45) is 5.41 Å². The quantitative estimate of drug-likeness (QED) is 0.330. The van der Waals surface area contributed by atoms with Crippen LogP contribution in [0.25, 0.3) is 0 Å². The van der Waals surface area contributed by atoms with Gasteiger partial charge in [-0.05, 0) is 25.8 Å². The average molecular weight is 392 g/mol. The topological polar surface area (TPSA) is 35.5 Å². The summed E-state index contributed by atoms with van der Waals surface area (Å²) < 4.78 is 104. The minimum absolute atomic E-state index is 0.232. The van der Waals surface area contributed by atoms with Gasteiger partial charge in [0, 0.05) is 11.8 Å². The van der Waals surface area contributed by atoms with Crippen LogP contribution in [0, 0.1) is 5.41 Å². The second-order valence-corrected chi connectivity index (χ2v) is 6.09. The highest BCUT2D eigenvalue weighted by Crippen LogP contribution is 2.63. The van der Waals surface area contributed by atoms with Gasteiger partial charge in [0.1, 0.15) is 6.61 Å². The molecule has 0 bridgehead atoms. The van der Waals surface area contributed by atoms with E-state index in [0.29, 0.717) is 6.42 Å². The van der Waals surface area contributed by atoms with Gasteiger partial charge >= 0.3 is 18.3 Å². The van der Waals surface area contributed by atoms with Gasteiger partial charge in [0.05, 0.1) is 11.9 Å². The van der Waals surface area contributed by atoms with Gasteiger partial charge in [-0.3, -0.25) is 0 Å². The van der Waals surface area contributed by atoms with Gasteiger partial charge in [-0.15, -0.1) is 6.58 Å². The van der Waals surface area contributed by atoms with Crippen LogP contribution in [0.5, 0.6) is 0 Å². The predicted octanol–water partition coefficient (Wildman–Crippen LogP) is 5.03. The molecule has 2 atom stereocenters. The zero-order valence-corrected chi connectivity index (χ0v) is 14.1. The molecular formula is C16H19F7O3. The van der Waals surface area contributed by atoms with Crippen LogP contribution < -0.4 is 0 Å². The number of ether oxygens (including phenoxy) is 2. The molecule has 1 aliphatic carbocycles. The minimum Gasteiger partial charge on any atom is -0.461 e. The zero-order chi connectivity index (χ0) is 20.4. The van der Waals surface area contributed by atoms with Crippen LogP contribution in [0.4, 0.5) is 30.7 Å². The fraction of sp³-hybridized carbons (Fsp3) is 0.688. The number of halogens is 7. The lowest BCUT2D eigenvalue weighted by Gasteiger charge is -2.52. The van der Waals surface area contributed by atoms with Crippen LogP contribution >= 0.6 is 0 Å². The van der Waals surface area contributed by atoms with E-state index in [1.807, 2.05) is 0 Å². The van der Waals surface area contributed by atoms with Crippen LogP contribution in [-0.4, -0.2) is 36.6 Å². The van der Waals surface area contributed by atoms with Gasteiger partial charge in [0.2, 0.25) is 0 Å². The molecule has 10 heteroatoms. The van der Waals surface area contributed by atoms with Gasteiger partial charge in [-0.2, -0.15) is 26.3 Å². The summed E-state index contributed by atoms with van der Waals surface area (Å²) in [5, 5.41) is 0. The highest BCUT2D eigenvalue weighted by Gasteiger charge is 2.81. The van der Waals surface area contributed by atoms with Crippen molar-refractivity contribution in [3.8, 4) is 0 Å². The first kappa shape index (κ1) is 22.5. The molecule has 0 saturated heterocycles. The molecule has 0 saturated carbocycles. The van der Waals surface area contributed by atoms with Crippen molar-refractivity contribution in [3.05, 3.63) is 24.6 Å². The molecule has 1 rings (SSSR count). The van der Waals surface area contributed by atoms with Crippen LogP contribution in [0.1, 0.15) is 33.1 Å². The Morgan fingerprint density at radius 1 is 1.31 bits per heavy atom. The molecule has 0 fully saturated rings. The molecule has 0 N–H and O–H groups in total. The van der Waals surface area contributed by atoms with Crippen LogP contribution in [0.15, 0.2) is 24.6 Å². The van der Waals surface area contributed by atoms with Crippen molar-refractivity contribution in [1.82, 2.24) is 0 Å². The van der Waals surface area contributed by atoms with E-state index in [2.05, 4.69) is 16.1 Å². The zero-order valence-electron chi connectivity index (χ0n) is 14.1. The summed E-state index contributed by atoms with van der Waals surface area (Å²) in [7, 11) is 0. The summed E-state index contributed by atoms with van der Waals surface area (Å²) in [6.45, 7) is 4.58. The third kappa shape index (κ3) is 3.89. The monoisotopic (exact) mass is 392 g/mol. The van der Waals surface area contributed by atoms with Crippen molar-refractivity contribution >= 4 is 5.97 Å². The fourth-order valence-electron chi connectivity index (χ4n) is 2.87. The molecule has 0 spiro atoms. The van der Waals surface area contributed by atoms with E-state index in [1.165, 1.54) is 6.92 Å². The number of hydrogen-bond donors (Lipinski definition) is 0. The van der Waals surface area contributed by atoms with E-state index in [9.17, 15) is 35.5 Å². The lowest BCUT2D eigenvalue weighted by molar-refractivity contribution is -0.410. The Morgan fingerprint density at radius 3 is 2.15 bits per heavy atom. The Balaban J connectivity index is 3.34. The molecule has 0 amide bonds. The molecule has 0 aromatic heterocycles. The second-order valence-electron chi connectivity index (χ2n) is 6.09. The van der Waals surface area contributed by atoms with Crippen molar-refractivity contribution in [1.29, 1.82) is 0 Å². The molecule has 0 aromatic rings. The summed E-state index contributed by atoms with van der Waals surface area (Å²) >= 11 is 0. The number of allylic oxidation sites excluding steroid dienone is 2. The van der Waals surface area contributed by atoms with Crippen LogP contribution in [0.2, 0.25) is 0 Å². The highest BCUT2D eigenvalue weighted by molar-refractivity contribution is 5.71. The number of hydrogen-bond acceptors (Lipinski definition) is 3. The number of carbonyl (C=O) groups is 1. The standard InChI is InChI=1S/C16H19F7O3/c1-4-6-13(7-11(17)8-13)14(15(18,19)20,16(21,22)23)25-9-12(24)26-10(3)5-2/h4,7,10H,1,5-6,8-9H2,2-3H3. The normalized spacial score (nSPS) is 22.3. The molecule has 26 heavy (non-hydrogen) atoms. The third-order valence-corrected chi connectivity index (χ3v) is 4.24. The number of rotatable bonds is 8. The summed E-state index contributed by atoms with van der Waals surface area (Å²) in [5.41, 5.74) is -7.56. The molecule has 0 aromatic carbocycles. The summed E-state index contributed by atoms with van der Waals surface area (Å²) in [4.78, 5) is 11.6. The van der Waals surface area contributed by atoms with Crippen molar-refractivity contribution in [2.45, 2.75) is 57.2 Å². The molecular weight excluding hydrogens is 373 g/mol. The Bertz CT molecular complexity index is 551. The Labute approximate surface area is 145 Å². The van der Waals surface area contributed by atoms with Gasteiger partial charge in [-0.1, -0.05) is 13.0 Å². The van der Waals surface area contributed by atoms with Gasteiger partial charge in [0.25, 0.3) is 5.60 Å². The summed E-state index contributed by atoms with van der Waals surface area (Å²) in [6, 6.07) is 0. The maximum absolute atomic E-state index is 13.6. The van der Waals surface area contributed by atoms with Gasteiger partial charge < -0.3 is 9.47 Å². The molecule has 0 radical (unpaired) electrons. The summed E-state index contributed by atoms with van der Waals surface area (Å²) in [6.07, 6.45) is -13.3. The van der Waals surface area contributed by atoms with Crippen molar-refractivity contribution < 1.29 is 45.0 Å². The predicted molar refractivity (Wildman–Crippen MR) is 77.7 cm³/mol. The molecule has 1 aliphatic rings. The van der Waals surface area contributed by atoms with E-state index in [0.717, 1.165) is 6.08 Å². The largest absolute Gasteiger partial charge is 0.461 e. The van der Waals surface area contributed by atoms with Crippen molar-refractivity contribution in [2.75, 3.05) is 6.61 Å². The van der Waals surface area contributed by atoms with E-state index in [1.54, 1.807) is 6.92 Å². The second kappa shape index (κ2) is 7.58. The van der Waals surface area contributed by atoms with Gasteiger partial charge in [0.15, 0.2) is 0 Å². The van der Waals surface area contributed by atoms with E-state index < -0.39 is 60.7 Å². The van der Waals surface area contributed by atoms with E-state index in [-0.39, 0.29) is 6.08 Å². The Morgan fingerprint density at radius 2 is 1.81 bits per heavy atom. The minimum atomic E-state index is -5.97. The Kier molecular flexibility index (Phi) is 6.54. The van der Waals surface area contributed by atoms with E-state index in [4.69, 9.17) is 0 Å². The highest BCUT2D eigenvalue weighted by atomic mass is 19.4. The van der Waals surface area contributed by atoms with Crippen molar-refractivity contribution in [3.63, 3.8) is 0 Å². The molecule has 2 unspecified atom stereocenters. The van der Waals surface area contributed by atoms with Crippen LogP contribution in [-0.2, 0) is 14.3 Å². The fourth-order valence-corrected chi connectivity index (χ4v) is 2.87. The van der Waals surface area contributed by atoms with E-state index >= 15 is 0 Å². The smallest absolute Gasteiger partial charge is 0.427 e. The number of carbonyl (C=O) groups excluding carboxylic acids is 1.